The van der Waals surface area contributed by atoms with Crippen molar-refractivity contribution in [1.82, 2.24) is 5.32 Å². The van der Waals surface area contributed by atoms with Crippen LogP contribution < -0.4 is 11.1 Å². The van der Waals surface area contributed by atoms with Crippen LogP contribution in [0, 0.1) is 0 Å². The van der Waals surface area contributed by atoms with E-state index in [9.17, 15) is 19.5 Å². The number of ether oxygens (including phenoxy) is 1. The number of carbonyl (C=O) groups is 3. The van der Waals surface area contributed by atoms with Crippen molar-refractivity contribution in [1.29, 1.82) is 0 Å². The van der Waals surface area contributed by atoms with Gasteiger partial charge in [0.15, 0.2) is 0 Å². The molecular formula is C40H76N2O5. The number of carbonyl (C=O) groups excluding carboxylic acids is 2. The summed E-state index contributed by atoms with van der Waals surface area (Å²) in [6.07, 6.45) is 37.0. The van der Waals surface area contributed by atoms with Gasteiger partial charge in [-0.05, 0) is 64.0 Å². The summed E-state index contributed by atoms with van der Waals surface area (Å²) in [5.41, 5.74) is 5.46. The molecule has 1 amide bonds. The van der Waals surface area contributed by atoms with Crippen molar-refractivity contribution < 1.29 is 24.2 Å². The molecule has 4 N–H and O–H groups in total. The Hall–Kier alpha value is -1.89. The number of carboxylic acid groups (broad SMARTS) is 1. The van der Waals surface area contributed by atoms with Gasteiger partial charge >= 0.3 is 11.9 Å². The first kappa shape index (κ1) is 45.1. The van der Waals surface area contributed by atoms with E-state index < -0.39 is 12.0 Å². The average Bonchev–Trinajstić information content (AvgIpc) is 3.05. The smallest absolute Gasteiger partial charge is 0.326 e. The number of unbranched alkanes of at least 4 members (excludes halogenated alkanes) is 22. The van der Waals surface area contributed by atoms with Gasteiger partial charge in [0, 0.05) is 12.8 Å². The molecule has 0 bridgehead atoms. The number of nitrogens with two attached hydrogens (primary N) is 1. The van der Waals surface area contributed by atoms with Crippen molar-refractivity contribution >= 4 is 17.8 Å². The van der Waals surface area contributed by atoms with E-state index in [1.807, 2.05) is 0 Å². The Balaban J connectivity index is 4.25. The first-order chi connectivity index (χ1) is 22.9. The second kappa shape index (κ2) is 35.4. The topological polar surface area (TPSA) is 119 Å². The van der Waals surface area contributed by atoms with E-state index in [4.69, 9.17) is 10.5 Å². The molecule has 0 aromatic heterocycles. The highest BCUT2D eigenvalue weighted by molar-refractivity contribution is 5.83. The molecule has 276 valence electrons. The Morgan fingerprint density at radius 3 is 1.60 bits per heavy atom. The van der Waals surface area contributed by atoms with Crippen molar-refractivity contribution in [3.8, 4) is 0 Å². The number of carboxylic acids is 1. The maximum atomic E-state index is 12.7. The fraction of sp³-hybridized carbons (Fsp3) is 0.875. The van der Waals surface area contributed by atoms with E-state index in [0.717, 1.165) is 64.2 Å². The van der Waals surface area contributed by atoms with Crippen molar-refractivity contribution in [2.75, 3.05) is 6.54 Å². The molecule has 7 heteroatoms. The van der Waals surface area contributed by atoms with Crippen molar-refractivity contribution in [3.63, 3.8) is 0 Å². The summed E-state index contributed by atoms with van der Waals surface area (Å²) in [5, 5.41) is 11.9. The van der Waals surface area contributed by atoms with Gasteiger partial charge in [0.1, 0.15) is 12.1 Å². The maximum absolute atomic E-state index is 12.7. The highest BCUT2D eigenvalue weighted by Gasteiger charge is 2.18. The van der Waals surface area contributed by atoms with Crippen LogP contribution in [0.1, 0.15) is 206 Å². The van der Waals surface area contributed by atoms with Gasteiger partial charge in [-0.2, -0.15) is 0 Å². The fourth-order valence-electron chi connectivity index (χ4n) is 6.01. The third kappa shape index (κ3) is 32.4. The minimum atomic E-state index is -1.00. The van der Waals surface area contributed by atoms with E-state index in [1.165, 1.54) is 103 Å². The van der Waals surface area contributed by atoms with Crippen molar-refractivity contribution in [3.05, 3.63) is 12.2 Å². The second-order valence-corrected chi connectivity index (χ2v) is 13.7. The van der Waals surface area contributed by atoms with E-state index in [2.05, 4.69) is 31.3 Å². The van der Waals surface area contributed by atoms with Crippen LogP contribution in [0.4, 0.5) is 0 Å². The number of aliphatic carboxylic acids is 1. The first-order valence-electron chi connectivity index (χ1n) is 20.0. The largest absolute Gasteiger partial charge is 0.480 e. The number of nitrogens with one attached hydrogen (secondary N) is 1. The highest BCUT2D eigenvalue weighted by Crippen LogP contribution is 2.16. The number of amides is 1. The van der Waals surface area contributed by atoms with Crippen LogP contribution in [-0.4, -0.2) is 41.6 Å². The fourth-order valence-corrected chi connectivity index (χ4v) is 6.01. The summed E-state index contributed by atoms with van der Waals surface area (Å²) >= 11 is 0. The SMILES string of the molecule is CCCCCCCC/C=C\C(CCCCCCCCC(=O)NC(CCCN)C(=O)O)OC(=O)CCCCCCCCCCCCCC. The van der Waals surface area contributed by atoms with Crippen LogP contribution in [0.5, 0.6) is 0 Å². The zero-order valence-electron chi connectivity index (χ0n) is 30.9. The molecule has 47 heavy (non-hydrogen) atoms. The summed E-state index contributed by atoms with van der Waals surface area (Å²) < 4.78 is 5.94. The monoisotopic (exact) mass is 665 g/mol. The Kier molecular flexibility index (Phi) is 34.0. The minimum absolute atomic E-state index is 0.0577. The summed E-state index contributed by atoms with van der Waals surface area (Å²) in [6.45, 7) is 4.93. The molecule has 0 spiro atoms. The Bertz CT molecular complexity index is 757. The van der Waals surface area contributed by atoms with Crippen LogP contribution in [0.2, 0.25) is 0 Å². The molecule has 0 fully saturated rings. The Morgan fingerprint density at radius 1 is 0.617 bits per heavy atom. The summed E-state index contributed by atoms with van der Waals surface area (Å²) in [6, 6.07) is -0.850. The summed E-state index contributed by atoms with van der Waals surface area (Å²) in [7, 11) is 0. The molecule has 0 aromatic carbocycles. The third-order valence-electron chi connectivity index (χ3n) is 9.07. The predicted molar refractivity (Wildman–Crippen MR) is 197 cm³/mol. The summed E-state index contributed by atoms with van der Waals surface area (Å²) in [5.74, 6) is -1.26. The van der Waals surface area contributed by atoms with Crippen LogP contribution in [0.3, 0.4) is 0 Å². The standard InChI is InChI=1S/C40H76N2O5/c1-3-5-7-9-11-13-14-15-16-18-24-28-34-39(44)47-36(30-25-21-17-12-10-8-6-4-2)31-26-22-19-20-23-27-33-38(43)42-37(40(45)46)32-29-35-41/h25,30,36-37H,3-24,26-29,31-35,41H2,1-2H3,(H,42,43)(H,45,46)/b30-25-. The van der Waals surface area contributed by atoms with Gasteiger partial charge in [-0.15, -0.1) is 0 Å². The molecule has 0 radical (unpaired) electrons. The van der Waals surface area contributed by atoms with Gasteiger partial charge in [0.2, 0.25) is 5.91 Å². The highest BCUT2D eigenvalue weighted by atomic mass is 16.5. The predicted octanol–water partition coefficient (Wildman–Crippen LogP) is 10.7. The number of rotatable bonds is 36. The molecule has 2 atom stereocenters. The lowest BCUT2D eigenvalue weighted by Crippen LogP contribution is -2.40. The quantitative estimate of drug-likeness (QED) is 0.0348. The zero-order valence-corrected chi connectivity index (χ0v) is 30.9. The molecular weight excluding hydrogens is 588 g/mol. The van der Waals surface area contributed by atoms with Gasteiger partial charge in [-0.25, -0.2) is 4.79 Å². The lowest BCUT2D eigenvalue weighted by Gasteiger charge is -2.15. The molecule has 0 saturated heterocycles. The van der Waals surface area contributed by atoms with Crippen LogP contribution in [-0.2, 0) is 19.1 Å². The van der Waals surface area contributed by atoms with Gasteiger partial charge in [0.05, 0.1) is 0 Å². The maximum Gasteiger partial charge on any atom is 0.326 e. The third-order valence-corrected chi connectivity index (χ3v) is 9.07. The molecule has 7 nitrogen and oxygen atoms in total. The molecule has 0 rings (SSSR count). The van der Waals surface area contributed by atoms with Crippen LogP contribution >= 0.6 is 0 Å². The number of allylic oxidation sites excluding steroid dienone is 1. The Morgan fingerprint density at radius 2 is 1.09 bits per heavy atom. The average molecular weight is 665 g/mol. The molecule has 2 unspecified atom stereocenters. The van der Waals surface area contributed by atoms with Crippen LogP contribution in [0.25, 0.3) is 0 Å². The summed E-state index contributed by atoms with van der Waals surface area (Å²) in [4.78, 5) is 36.1. The Labute approximate surface area is 290 Å². The van der Waals surface area contributed by atoms with E-state index in [-0.39, 0.29) is 18.0 Å². The van der Waals surface area contributed by atoms with Gasteiger partial charge in [-0.3, -0.25) is 9.59 Å². The number of hydrogen-bond acceptors (Lipinski definition) is 5. The zero-order chi connectivity index (χ0) is 34.6. The van der Waals surface area contributed by atoms with E-state index in [0.29, 0.717) is 32.2 Å². The molecule has 0 aliphatic heterocycles. The normalized spacial score (nSPS) is 12.7. The number of esters is 1. The van der Waals surface area contributed by atoms with Gasteiger partial charge in [0.25, 0.3) is 0 Å². The molecule has 0 saturated carbocycles. The second-order valence-electron chi connectivity index (χ2n) is 13.7. The van der Waals surface area contributed by atoms with Gasteiger partial charge in [-0.1, -0.05) is 148 Å². The van der Waals surface area contributed by atoms with Crippen LogP contribution in [0.15, 0.2) is 12.2 Å². The lowest BCUT2D eigenvalue weighted by atomic mass is 10.0. The van der Waals surface area contributed by atoms with Gasteiger partial charge < -0.3 is 20.9 Å². The lowest BCUT2D eigenvalue weighted by molar-refractivity contribution is -0.147. The molecule has 0 heterocycles. The molecule has 0 aliphatic carbocycles. The minimum Gasteiger partial charge on any atom is -0.480 e. The molecule has 0 aliphatic rings. The first-order valence-corrected chi connectivity index (χ1v) is 20.0. The number of hydrogen-bond donors (Lipinski definition) is 3. The molecule has 0 aromatic rings. The van der Waals surface area contributed by atoms with E-state index in [1.54, 1.807) is 0 Å². The van der Waals surface area contributed by atoms with E-state index >= 15 is 0 Å². The van der Waals surface area contributed by atoms with Crippen molar-refractivity contribution in [2.45, 2.75) is 219 Å². The van der Waals surface area contributed by atoms with Crippen molar-refractivity contribution in [2.24, 2.45) is 5.73 Å².